The molecule has 0 saturated heterocycles. The van der Waals surface area contributed by atoms with Gasteiger partial charge in [-0.1, -0.05) is 0 Å². The molecule has 0 aromatic heterocycles. The second-order valence-electron chi connectivity index (χ2n) is 3.49. The lowest BCUT2D eigenvalue weighted by Gasteiger charge is -2.31. The maximum Gasteiger partial charge on any atom is 0.418 e. The first-order valence-corrected chi connectivity index (χ1v) is 6.67. The largest absolute Gasteiger partial charge is 0.418 e. The zero-order valence-corrected chi connectivity index (χ0v) is 11.5. The second-order valence-corrected chi connectivity index (χ2v) is 4.49. The Balaban J connectivity index is 0.00000324. The van der Waals surface area contributed by atoms with Gasteiger partial charge in [-0.15, -0.1) is 4.28 Å². The summed E-state index contributed by atoms with van der Waals surface area (Å²) in [6.45, 7) is 5.27. The van der Waals surface area contributed by atoms with Crippen molar-refractivity contribution in [2.45, 2.75) is 20.0 Å². The molecule has 0 saturated carbocycles. The molecule has 0 radical (unpaired) electrons. The van der Waals surface area contributed by atoms with E-state index in [9.17, 15) is 8.42 Å². The van der Waals surface area contributed by atoms with Crippen LogP contribution in [0.2, 0.25) is 0 Å². The molecule has 0 aromatic carbocycles. The third-order valence-electron chi connectivity index (χ3n) is 2.31. The first kappa shape index (κ1) is 17.6. The number of nitrogens with two attached hydrogens (primary N) is 2. The summed E-state index contributed by atoms with van der Waals surface area (Å²) in [7, 11) is -4.70. The summed E-state index contributed by atoms with van der Waals surface area (Å²) in [6, 6.07) is 0. The predicted molar refractivity (Wildman–Crippen MR) is 68.7 cm³/mol. The van der Waals surface area contributed by atoms with Crippen molar-refractivity contribution < 1.29 is 22.7 Å². The van der Waals surface area contributed by atoms with Crippen LogP contribution in [0, 0.1) is 0 Å². The van der Waals surface area contributed by atoms with Crippen LogP contribution < -0.4 is 11.5 Å². The molecule has 0 fully saturated rings. The van der Waals surface area contributed by atoms with E-state index in [1.807, 2.05) is 18.7 Å². The van der Waals surface area contributed by atoms with Gasteiger partial charge in [-0.25, -0.2) is 0 Å². The Labute approximate surface area is 111 Å². The monoisotopic (exact) mass is 297 g/mol. The van der Waals surface area contributed by atoms with E-state index in [4.69, 9.17) is 16.0 Å². The van der Waals surface area contributed by atoms with Gasteiger partial charge in [0.2, 0.25) is 5.96 Å². The molecule has 10 nitrogen and oxygen atoms in total. The van der Waals surface area contributed by atoms with E-state index >= 15 is 0 Å². The van der Waals surface area contributed by atoms with Gasteiger partial charge in [0.15, 0.2) is 0 Å². The summed E-state index contributed by atoms with van der Waals surface area (Å²) in [5, 5.41) is 0.613. The maximum atomic E-state index is 10.6. The van der Waals surface area contributed by atoms with Crippen molar-refractivity contribution in [3.8, 4) is 0 Å². The fourth-order valence-corrected chi connectivity index (χ4v) is 1.87. The van der Waals surface area contributed by atoms with Crippen LogP contribution in [0.15, 0.2) is 16.9 Å². The van der Waals surface area contributed by atoms with Crippen LogP contribution in [0.3, 0.4) is 0 Å². The van der Waals surface area contributed by atoms with Crippen molar-refractivity contribution in [1.82, 2.24) is 9.96 Å². The van der Waals surface area contributed by atoms with Crippen molar-refractivity contribution in [2.24, 2.45) is 16.5 Å². The highest BCUT2D eigenvalue weighted by Crippen LogP contribution is 2.15. The van der Waals surface area contributed by atoms with E-state index < -0.39 is 16.6 Å². The highest BCUT2D eigenvalue weighted by molar-refractivity contribution is 7.80. The summed E-state index contributed by atoms with van der Waals surface area (Å²) in [5.41, 5.74) is 11.2. The zero-order valence-electron chi connectivity index (χ0n) is 10.6. The van der Waals surface area contributed by atoms with E-state index in [0.29, 0.717) is 24.0 Å². The lowest BCUT2D eigenvalue weighted by atomic mass is 10.3. The number of hydroxylamine groups is 2. The van der Waals surface area contributed by atoms with Crippen molar-refractivity contribution in [1.29, 1.82) is 0 Å². The van der Waals surface area contributed by atoms with Crippen LogP contribution in [0.5, 0.6) is 0 Å². The van der Waals surface area contributed by atoms with Gasteiger partial charge in [0.1, 0.15) is 12.0 Å². The summed E-state index contributed by atoms with van der Waals surface area (Å²) >= 11 is 0. The average Bonchev–Trinajstić information content (AvgIpc) is 2.24. The third kappa shape index (κ3) is 4.65. The molecule has 1 unspecified atom stereocenters. The van der Waals surface area contributed by atoms with Crippen LogP contribution in [0.25, 0.3) is 0 Å². The first-order valence-electron chi connectivity index (χ1n) is 5.31. The predicted octanol–water partition coefficient (Wildman–Crippen LogP) is -2.01. The van der Waals surface area contributed by atoms with Gasteiger partial charge in [0.25, 0.3) is 0 Å². The molecule has 0 spiro atoms. The van der Waals surface area contributed by atoms with Gasteiger partial charge in [-0.2, -0.15) is 18.5 Å². The molecular weight excluding hydrogens is 278 g/mol. The highest BCUT2D eigenvalue weighted by Gasteiger charge is 2.27. The molecule has 0 aromatic rings. The molecule has 7 N–H and O–H groups in total. The van der Waals surface area contributed by atoms with Gasteiger partial charge in [-0.05, 0) is 19.9 Å². The smallest absolute Gasteiger partial charge is 0.412 e. The standard InChI is InChI=1S/C8H17N5O4S.H2O/c1-3-12(4-2)7-5-6(9)13(8(10)11-7)17-18(14,15)16;/h5-6H,3-4,9H2,1-2H3,(H2,10,11)(H,14,15,16);1H2. The summed E-state index contributed by atoms with van der Waals surface area (Å²) < 4.78 is 34.0. The Morgan fingerprint density at radius 2 is 2.05 bits per heavy atom. The van der Waals surface area contributed by atoms with Crippen LogP contribution in [0.1, 0.15) is 13.8 Å². The van der Waals surface area contributed by atoms with E-state index in [2.05, 4.69) is 9.28 Å². The number of aliphatic imine (C=N–C) groups is 1. The number of rotatable bonds is 5. The highest BCUT2D eigenvalue weighted by atomic mass is 32.3. The topological polar surface area (TPSA) is 166 Å². The second kappa shape index (κ2) is 6.68. The van der Waals surface area contributed by atoms with Gasteiger partial charge in [-0.3, -0.25) is 4.55 Å². The minimum absolute atomic E-state index is 0. The normalized spacial score (nSPS) is 19.4. The Bertz CT molecular complexity index is 458. The molecule has 1 atom stereocenters. The lowest BCUT2D eigenvalue weighted by molar-refractivity contribution is -0.0132. The van der Waals surface area contributed by atoms with Crippen molar-refractivity contribution >= 4 is 16.4 Å². The minimum atomic E-state index is -4.70. The van der Waals surface area contributed by atoms with Crippen molar-refractivity contribution in [3.05, 3.63) is 11.9 Å². The molecular formula is C8H19N5O5S. The molecule has 1 aliphatic heterocycles. The van der Waals surface area contributed by atoms with Crippen molar-refractivity contribution in [2.75, 3.05) is 13.1 Å². The van der Waals surface area contributed by atoms with Crippen LogP contribution in [-0.2, 0) is 14.7 Å². The van der Waals surface area contributed by atoms with E-state index in [1.54, 1.807) is 0 Å². The Kier molecular flexibility index (Phi) is 6.18. The van der Waals surface area contributed by atoms with Gasteiger partial charge >= 0.3 is 10.4 Å². The fraction of sp³-hybridized carbons (Fsp3) is 0.625. The number of hydrogen-bond donors (Lipinski definition) is 3. The van der Waals surface area contributed by atoms with Gasteiger partial charge < -0.3 is 21.8 Å². The van der Waals surface area contributed by atoms with E-state index in [0.717, 1.165) is 0 Å². The summed E-state index contributed by atoms with van der Waals surface area (Å²) in [5.74, 6) is 0.282. The molecule has 0 aliphatic carbocycles. The Morgan fingerprint density at radius 1 is 1.53 bits per heavy atom. The fourth-order valence-electron chi connectivity index (χ4n) is 1.49. The van der Waals surface area contributed by atoms with Crippen LogP contribution in [-0.4, -0.2) is 53.6 Å². The molecule has 0 bridgehead atoms. The average molecular weight is 297 g/mol. The summed E-state index contributed by atoms with van der Waals surface area (Å²) in [6.07, 6.45) is 0.522. The van der Waals surface area contributed by atoms with Crippen molar-refractivity contribution in [3.63, 3.8) is 0 Å². The number of hydrogen-bond acceptors (Lipinski definition) is 8. The first-order chi connectivity index (χ1) is 8.28. The quantitative estimate of drug-likeness (QED) is 0.489. The van der Waals surface area contributed by atoms with E-state index in [1.165, 1.54) is 6.08 Å². The maximum absolute atomic E-state index is 10.6. The van der Waals surface area contributed by atoms with Gasteiger partial charge in [0, 0.05) is 13.1 Å². The van der Waals surface area contributed by atoms with Gasteiger partial charge in [0.05, 0.1) is 0 Å². The molecule has 112 valence electrons. The number of guanidine groups is 1. The SMILES string of the molecule is CCN(CC)C1=CC(N)N(OS(=O)(=O)O)C(N)=N1.O. The molecule has 1 aliphatic rings. The molecule has 0 amide bonds. The third-order valence-corrected chi connectivity index (χ3v) is 2.66. The summed E-state index contributed by atoms with van der Waals surface area (Å²) in [4.78, 5) is 5.85. The molecule has 11 heteroatoms. The zero-order chi connectivity index (χ0) is 13.9. The van der Waals surface area contributed by atoms with Crippen LogP contribution >= 0.6 is 0 Å². The Morgan fingerprint density at radius 3 is 2.42 bits per heavy atom. The number of nitrogens with zero attached hydrogens (tertiary/aromatic N) is 3. The Hall–Kier alpha value is -1.40. The molecule has 1 rings (SSSR count). The lowest BCUT2D eigenvalue weighted by Crippen LogP contribution is -2.51. The van der Waals surface area contributed by atoms with E-state index in [-0.39, 0.29) is 11.4 Å². The van der Waals surface area contributed by atoms with Crippen LogP contribution in [0.4, 0.5) is 0 Å². The molecule has 1 heterocycles. The minimum Gasteiger partial charge on any atom is -0.412 e. The molecule has 19 heavy (non-hydrogen) atoms.